The Bertz CT molecular complexity index is 723. The van der Waals surface area contributed by atoms with Gasteiger partial charge in [0.05, 0.1) is 25.1 Å². The number of hydrogen-bond acceptors (Lipinski definition) is 4. The van der Waals surface area contributed by atoms with Crippen LogP contribution < -0.4 is 0 Å². The molecular weight excluding hydrogens is 415 g/mol. The van der Waals surface area contributed by atoms with E-state index in [2.05, 4.69) is 0 Å². The second-order valence-corrected chi connectivity index (χ2v) is 9.51. The number of β-amino-alcohol motifs (C(OH)–C–C–N with tert-alkyl or cyclic N) is 1. The summed E-state index contributed by atoms with van der Waals surface area (Å²) in [6.07, 6.45) is -2.26. The summed E-state index contributed by atoms with van der Waals surface area (Å²) in [5, 5.41) is 11.7. The molecule has 1 aliphatic carbocycles. The molecule has 31 heavy (non-hydrogen) atoms. The molecule has 7 nitrogen and oxygen atoms in total. The number of hydrogen-bond donors (Lipinski definition) is 1. The van der Waals surface area contributed by atoms with E-state index >= 15 is 0 Å². The monoisotopic (exact) mass is 447 g/mol. The van der Waals surface area contributed by atoms with Gasteiger partial charge in [0.1, 0.15) is 0 Å². The van der Waals surface area contributed by atoms with Crippen LogP contribution in [0.15, 0.2) is 0 Å². The molecule has 2 aliphatic heterocycles. The number of halogens is 3. The Morgan fingerprint density at radius 1 is 1.10 bits per heavy atom. The Morgan fingerprint density at radius 3 is 2.29 bits per heavy atom. The molecule has 3 fully saturated rings. The molecule has 2 atom stereocenters. The minimum absolute atomic E-state index is 0.0159. The standard InChI is InChI=1S/C21H32F3N3O4/c1-15(11-21(22,23)24)18(30)27-8-7-20(31,19(13-27)5-3-4-6-19)14-26-10-9-25(16(2)28)12-17(26)29/h15,31H,3-14H2,1-2H3/t15-,20?/m1/s1. The number of piperidine rings is 1. The molecule has 3 rings (SSSR count). The number of alkyl halides is 3. The summed E-state index contributed by atoms with van der Waals surface area (Å²) in [7, 11) is 0. The van der Waals surface area contributed by atoms with Gasteiger partial charge in [-0.3, -0.25) is 14.4 Å². The number of piperazine rings is 1. The highest BCUT2D eigenvalue weighted by molar-refractivity contribution is 5.85. The number of likely N-dealkylation sites (tertiary alicyclic amines) is 1. The van der Waals surface area contributed by atoms with Crippen LogP contribution in [0.1, 0.15) is 52.4 Å². The average Bonchev–Trinajstić information content (AvgIpc) is 3.14. The minimum atomic E-state index is -4.40. The first kappa shape index (κ1) is 23.8. The second kappa shape index (κ2) is 8.60. The summed E-state index contributed by atoms with van der Waals surface area (Å²) in [4.78, 5) is 41.4. The van der Waals surface area contributed by atoms with Gasteiger partial charge in [0, 0.05) is 44.4 Å². The Balaban J connectivity index is 1.72. The van der Waals surface area contributed by atoms with Crippen LogP contribution in [0.2, 0.25) is 0 Å². The normalized spacial score (nSPS) is 27.7. The molecule has 3 amide bonds. The van der Waals surface area contributed by atoms with Crippen LogP contribution in [0.4, 0.5) is 13.2 Å². The number of amides is 3. The highest BCUT2D eigenvalue weighted by Gasteiger charge is 2.56. The van der Waals surface area contributed by atoms with Gasteiger partial charge in [-0.2, -0.15) is 13.2 Å². The van der Waals surface area contributed by atoms with Crippen molar-refractivity contribution in [3.63, 3.8) is 0 Å². The summed E-state index contributed by atoms with van der Waals surface area (Å²) in [6, 6.07) is 0. The largest absolute Gasteiger partial charge is 0.389 e. The fraction of sp³-hybridized carbons (Fsp3) is 0.857. The van der Waals surface area contributed by atoms with Gasteiger partial charge in [-0.25, -0.2) is 0 Å². The lowest BCUT2D eigenvalue weighted by atomic mass is 9.65. The molecule has 176 valence electrons. The first-order chi connectivity index (χ1) is 14.4. The van der Waals surface area contributed by atoms with Crippen LogP contribution in [-0.4, -0.2) is 88.6 Å². The third-order valence-corrected chi connectivity index (χ3v) is 7.32. The lowest BCUT2D eigenvalue weighted by Gasteiger charge is -2.54. The maximum atomic E-state index is 12.8. The van der Waals surface area contributed by atoms with Crippen molar-refractivity contribution in [3.8, 4) is 0 Å². The Hall–Kier alpha value is -1.84. The zero-order chi connectivity index (χ0) is 23.0. The quantitative estimate of drug-likeness (QED) is 0.713. The highest BCUT2D eigenvalue weighted by atomic mass is 19.4. The molecule has 2 heterocycles. The summed E-state index contributed by atoms with van der Waals surface area (Å²) < 4.78 is 38.3. The van der Waals surface area contributed by atoms with E-state index in [1.54, 1.807) is 4.90 Å². The van der Waals surface area contributed by atoms with Crippen molar-refractivity contribution in [3.05, 3.63) is 0 Å². The van der Waals surface area contributed by atoms with E-state index in [0.717, 1.165) is 12.8 Å². The van der Waals surface area contributed by atoms with Crippen molar-refractivity contribution >= 4 is 17.7 Å². The fourth-order valence-electron chi connectivity index (χ4n) is 5.49. The molecule has 1 N–H and O–H groups in total. The van der Waals surface area contributed by atoms with Crippen molar-refractivity contribution in [2.75, 3.05) is 39.3 Å². The Labute approximate surface area is 180 Å². The number of rotatable bonds is 4. The molecule has 1 spiro atoms. The van der Waals surface area contributed by atoms with Crippen molar-refractivity contribution in [1.82, 2.24) is 14.7 Å². The number of carbonyl (C=O) groups is 3. The number of aliphatic hydroxyl groups is 1. The molecule has 1 saturated carbocycles. The van der Waals surface area contributed by atoms with E-state index in [1.165, 1.54) is 23.6 Å². The molecule has 3 aliphatic rings. The molecule has 10 heteroatoms. The van der Waals surface area contributed by atoms with Gasteiger partial charge >= 0.3 is 6.18 Å². The number of carbonyl (C=O) groups excluding carboxylic acids is 3. The van der Waals surface area contributed by atoms with Gasteiger partial charge < -0.3 is 19.8 Å². The van der Waals surface area contributed by atoms with Crippen molar-refractivity contribution in [2.45, 2.75) is 64.1 Å². The predicted molar refractivity (Wildman–Crippen MR) is 106 cm³/mol. The van der Waals surface area contributed by atoms with Crippen LogP contribution in [0.5, 0.6) is 0 Å². The van der Waals surface area contributed by atoms with Gasteiger partial charge in [-0.15, -0.1) is 0 Å². The van der Waals surface area contributed by atoms with Gasteiger partial charge in [-0.05, 0) is 19.3 Å². The van der Waals surface area contributed by atoms with Gasteiger partial charge in [0.15, 0.2) is 0 Å². The number of nitrogens with zero attached hydrogens (tertiary/aromatic N) is 3. The van der Waals surface area contributed by atoms with Crippen LogP contribution in [-0.2, 0) is 14.4 Å². The SMILES string of the molecule is CC(=O)N1CCN(CC2(O)CCN(C(=O)[C@H](C)CC(F)(F)F)CC23CCCC3)C(=O)C1. The molecule has 0 bridgehead atoms. The van der Waals surface area contributed by atoms with Crippen LogP contribution >= 0.6 is 0 Å². The highest BCUT2D eigenvalue weighted by Crippen LogP contribution is 2.51. The van der Waals surface area contributed by atoms with E-state index < -0.39 is 35.4 Å². The molecule has 0 aromatic heterocycles. The molecule has 2 saturated heterocycles. The van der Waals surface area contributed by atoms with E-state index in [0.29, 0.717) is 25.9 Å². The smallest absolute Gasteiger partial charge is 0.387 e. The average molecular weight is 447 g/mol. The lowest BCUT2D eigenvalue weighted by Crippen LogP contribution is -2.66. The molecule has 0 aromatic carbocycles. The van der Waals surface area contributed by atoms with E-state index in [-0.39, 0.29) is 44.4 Å². The third-order valence-electron chi connectivity index (χ3n) is 7.32. The van der Waals surface area contributed by atoms with Crippen molar-refractivity contribution in [2.24, 2.45) is 11.3 Å². The lowest BCUT2D eigenvalue weighted by molar-refractivity contribution is -0.177. The first-order valence-electron chi connectivity index (χ1n) is 11.0. The van der Waals surface area contributed by atoms with Crippen LogP contribution in [0.3, 0.4) is 0 Å². The predicted octanol–water partition coefficient (Wildman–Crippen LogP) is 1.79. The third kappa shape index (κ3) is 4.99. The van der Waals surface area contributed by atoms with Crippen molar-refractivity contribution < 1.29 is 32.7 Å². The van der Waals surface area contributed by atoms with E-state index in [4.69, 9.17) is 0 Å². The van der Waals surface area contributed by atoms with Gasteiger partial charge in [0.25, 0.3) is 0 Å². The first-order valence-corrected chi connectivity index (χ1v) is 11.0. The van der Waals surface area contributed by atoms with Crippen molar-refractivity contribution in [1.29, 1.82) is 0 Å². The van der Waals surface area contributed by atoms with Crippen LogP contribution in [0, 0.1) is 11.3 Å². The Kier molecular flexibility index (Phi) is 6.60. The van der Waals surface area contributed by atoms with Gasteiger partial charge in [-0.1, -0.05) is 19.8 Å². The summed E-state index contributed by atoms with van der Waals surface area (Å²) in [5.74, 6) is -2.08. The van der Waals surface area contributed by atoms with Gasteiger partial charge in [0.2, 0.25) is 17.7 Å². The topological polar surface area (TPSA) is 81.2 Å². The summed E-state index contributed by atoms with van der Waals surface area (Å²) >= 11 is 0. The zero-order valence-electron chi connectivity index (χ0n) is 18.2. The molecule has 0 aromatic rings. The maximum absolute atomic E-state index is 12.8. The van der Waals surface area contributed by atoms with E-state index in [1.807, 2.05) is 0 Å². The molecule has 1 unspecified atom stereocenters. The summed E-state index contributed by atoms with van der Waals surface area (Å²) in [5.41, 5.74) is -1.83. The molecular formula is C21H32F3N3O4. The minimum Gasteiger partial charge on any atom is -0.387 e. The second-order valence-electron chi connectivity index (χ2n) is 9.51. The summed E-state index contributed by atoms with van der Waals surface area (Å²) in [6.45, 7) is 3.94. The van der Waals surface area contributed by atoms with Crippen LogP contribution in [0.25, 0.3) is 0 Å². The maximum Gasteiger partial charge on any atom is 0.389 e. The molecule has 0 radical (unpaired) electrons. The Morgan fingerprint density at radius 2 is 1.74 bits per heavy atom. The fourth-order valence-corrected chi connectivity index (χ4v) is 5.49. The zero-order valence-corrected chi connectivity index (χ0v) is 18.2. The van der Waals surface area contributed by atoms with E-state index in [9.17, 15) is 32.7 Å².